The molecule has 1 N–H and O–H groups in total. The fraction of sp³-hybridized carbons (Fsp3) is 0.412. The first-order valence-electron chi connectivity index (χ1n) is 7.69. The minimum Gasteiger partial charge on any atom is -0.465 e. The quantitative estimate of drug-likeness (QED) is 0.469. The van der Waals surface area contributed by atoms with Crippen molar-refractivity contribution in [2.75, 3.05) is 32.1 Å². The van der Waals surface area contributed by atoms with Gasteiger partial charge in [-0.15, -0.1) is 0 Å². The second-order valence-electron chi connectivity index (χ2n) is 5.51. The highest BCUT2D eigenvalue weighted by atomic mass is 32.1. The number of benzene rings is 1. The summed E-state index contributed by atoms with van der Waals surface area (Å²) in [4.78, 5) is 25.3. The van der Waals surface area contributed by atoms with Crippen LogP contribution in [-0.4, -0.2) is 55.1 Å². The normalized spacial score (nSPS) is 19.7. The van der Waals surface area contributed by atoms with Gasteiger partial charge in [-0.3, -0.25) is 0 Å². The molecule has 1 fully saturated rings. The van der Waals surface area contributed by atoms with E-state index in [1.807, 2.05) is 6.07 Å². The van der Waals surface area contributed by atoms with E-state index in [-0.39, 0.29) is 30.0 Å². The highest BCUT2D eigenvalue weighted by Crippen LogP contribution is 2.23. The molecule has 1 aromatic rings. The topological polar surface area (TPSA) is 67.9 Å². The lowest BCUT2D eigenvalue weighted by Crippen LogP contribution is -2.40. The number of hydrogen-bond acceptors (Lipinski definition) is 6. The molecule has 0 spiro atoms. The van der Waals surface area contributed by atoms with E-state index in [2.05, 4.69) is 24.5 Å². The summed E-state index contributed by atoms with van der Waals surface area (Å²) in [5, 5.41) is 3.38. The molecule has 0 bridgehead atoms. The number of amides is 1. The Morgan fingerprint density at radius 2 is 2.29 bits per heavy atom. The summed E-state index contributed by atoms with van der Waals surface area (Å²) in [7, 11) is 1.35. The number of thiol groups is 1. The molecule has 2 rings (SSSR count). The zero-order valence-corrected chi connectivity index (χ0v) is 14.5. The van der Waals surface area contributed by atoms with Crippen molar-refractivity contribution in [2.45, 2.75) is 17.7 Å². The molecule has 1 aliphatic heterocycles. The molecule has 1 amide bonds. The average molecular weight is 350 g/mol. The van der Waals surface area contributed by atoms with Crippen LogP contribution >= 0.6 is 12.6 Å². The Morgan fingerprint density at radius 3 is 3.00 bits per heavy atom. The Kier molecular flexibility index (Phi) is 6.54. The molecule has 1 saturated heterocycles. The number of hydrogen-bond donors (Lipinski definition) is 2. The van der Waals surface area contributed by atoms with Gasteiger partial charge in [-0.05, 0) is 24.6 Å². The number of carbonyl (C=O) groups excluding carboxylic acids is 2. The third-order valence-corrected chi connectivity index (χ3v) is 4.15. The van der Waals surface area contributed by atoms with Gasteiger partial charge in [0.2, 0.25) is 0 Å². The van der Waals surface area contributed by atoms with E-state index in [4.69, 9.17) is 9.47 Å². The van der Waals surface area contributed by atoms with Gasteiger partial charge in [-0.2, -0.15) is 12.6 Å². The maximum atomic E-state index is 12.1. The SMILES string of the molecule is C=CCOC(=O)N1CC(S)CC1CNc1cccc(C(=O)OC)c1. The van der Waals surface area contributed by atoms with E-state index in [9.17, 15) is 9.59 Å². The molecular weight excluding hydrogens is 328 g/mol. The van der Waals surface area contributed by atoms with E-state index in [1.165, 1.54) is 13.2 Å². The molecular formula is C17H22N2O4S. The largest absolute Gasteiger partial charge is 0.465 e. The van der Waals surface area contributed by atoms with Crippen molar-refractivity contribution in [1.82, 2.24) is 4.90 Å². The maximum absolute atomic E-state index is 12.1. The Labute approximate surface area is 147 Å². The molecule has 130 valence electrons. The first kappa shape index (κ1) is 18.2. The smallest absolute Gasteiger partial charge is 0.410 e. The van der Waals surface area contributed by atoms with Gasteiger partial charge in [0.25, 0.3) is 0 Å². The van der Waals surface area contributed by atoms with Crippen LogP contribution in [0.15, 0.2) is 36.9 Å². The van der Waals surface area contributed by atoms with Crippen molar-refractivity contribution in [2.24, 2.45) is 0 Å². The lowest BCUT2D eigenvalue weighted by molar-refractivity contribution is 0.0600. The molecule has 24 heavy (non-hydrogen) atoms. The first-order valence-corrected chi connectivity index (χ1v) is 8.21. The molecule has 0 radical (unpaired) electrons. The molecule has 6 nitrogen and oxygen atoms in total. The Bertz CT molecular complexity index is 608. The van der Waals surface area contributed by atoms with Gasteiger partial charge in [0.15, 0.2) is 0 Å². The zero-order valence-electron chi connectivity index (χ0n) is 13.6. The number of anilines is 1. The molecule has 1 aromatic carbocycles. The van der Waals surface area contributed by atoms with Crippen LogP contribution in [0.25, 0.3) is 0 Å². The zero-order chi connectivity index (χ0) is 17.5. The molecule has 0 aromatic heterocycles. The van der Waals surface area contributed by atoms with Crippen LogP contribution in [0, 0.1) is 0 Å². The third kappa shape index (κ3) is 4.67. The van der Waals surface area contributed by atoms with Gasteiger partial charge in [0.05, 0.1) is 18.7 Å². The van der Waals surface area contributed by atoms with Crippen LogP contribution in [0.4, 0.5) is 10.5 Å². The minimum absolute atomic E-state index is 0.0217. The average Bonchev–Trinajstić information content (AvgIpc) is 2.98. The molecule has 0 saturated carbocycles. The lowest BCUT2D eigenvalue weighted by Gasteiger charge is -2.24. The Hall–Kier alpha value is -2.15. The van der Waals surface area contributed by atoms with Gasteiger partial charge in [-0.25, -0.2) is 9.59 Å². The summed E-state index contributed by atoms with van der Waals surface area (Å²) in [6.07, 6.45) is 1.95. The van der Waals surface area contributed by atoms with Crippen molar-refractivity contribution < 1.29 is 19.1 Å². The summed E-state index contributed by atoms with van der Waals surface area (Å²) in [5.74, 6) is -0.385. The summed E-state index contributed by atoms with van der Waals surface area (Å²) in [5.41, 5.74) is 1.27. The Morgan fingerprint density at radius 1 is 1.50 bits per heavy atom. The van der Waals surface area contributed by atoms with Crippen molar-refractivity contribution in [1.29, 1.82) is 0 Å². The van der Waals surface area contributed by atoms with Crippen molar-refractivity contribution >= 4 is 30.4 Å². The number of carbonyl (C=O) groups is 2. The van der Waals surface area contributed by atoms with E-state index in [0.717, 1.165) is 12.1 Å². The van der Waals surface area contributed by atoms with Crippen molar-refractivity contribution in [3.8, 4) is 0 Å². The van der Waals surface area contributed by atoms with Gasteiger partial charge in [0.1, 0.15) is 6.61 Å². The van der Waals surface area contributed by atoms with Crippen LogP contribution in [-0.2, 0) is 9.47 Å². The van der Waals surface area contributed by atoms with Gasteiger partial charge in [-0.1, -0.05) is 18.7 Å². The van der Waals surface area contributed by atoms with Crippen LogP contribution in [0.2, 0.25) is 0 Å². The highest BCUT2D eigenvalue weighted by molar-refractivity contribution is 7.81. The van der Waals surface area contributed by atoms with Gasteiger partial charge < -0.3 is 19.7 Å². The van der Waals surface area contributed by atoms with Crippen LogP contribution in [0.3, 0.4) is 0 Å². The predicted molar refractivity (Wildman–Crippen MR) is 95.7 cm³/mol. The lowest BCUT2D eigenvalue weighted by atomic mass is 10.2. The van der Waals surface area contributed by atoms with Crippen molar-refractivity contribution in [3.05, 3.63) is 42.5 Å². The predicted octanol–water partition coefficient (Wildman–Crippen LogP) is 2.58. The fourth-order valence-corrected chi connectivity index (χ4v) is 3.05. The van der Waals surface area contributed by atoms with Gasteiger partial charge in [0, 0.05) is 24.0 Å². The summed E-state index contributed by atoms with van der Waals surface area (Å²) in [6.45, 7) is 4.82. The van der Waals surface area contributed by atoms with E-state index >= 15 is 0 Å². The number of methoxy groups -OCH3 is 1. The van der Waals surface area contributed by atoms with Gasteiger partial charge >= 0.3 is 12.1 Å². The molecule has 2 atom stereocenters. The summed E-state index contributed by atoms with van der Waals surface area (Å²) < 4.78 is 9.83. The first-order chi connectivity index (χ1) is 11.5. The molecule has 1 heterocycles. The molecule has 7 heteroatoms. The molecule has 1 aliphatic rings. The molecule has 2 unspecified atom stereocenters. The van der Waals surface area contributed by atoms with E-state index in [0.29, 0.717) is 18.7 Å². The van der Waals surface area contributed by atoms with E-state index < -0.39 is 0 Å². The number of ether oxygens (including phenoxy) is 2. The van der Waals surface area contributed by atoms with Crippen molar-refractivity contribution in [3.63, 3.8) is 0 Å². The second kappa shape index (κ2) is 8.63. The summed E-state index contributed by atoms with van der Waals surface area (Å²) >= 11 is 4.47. The van der Waals surface area contributed by atoms with Crippen LogP contribution in [0.5, 0.6) is 0 Å². The summed E-state index contributed by atoms with van der Waals surface area (Å²) in [6, 6.07) is 7.03. The number of esters is 1. The number of nitrogens with zero attached hydrogens (tertiary/aromatic N) is 1. The van der Waals surface area contributed by atoms with Crippen LogP contribution < -0.4 is 5.32 Å². The van der Waals surface area contributed by atoms with Crippen LogP contribution in [0.1, 0.15) is 16.8 Å². The maximum Gasteiger partial charge on any atom is 0.410 e. The molecule has 0 aliphatic carbocycles. The fourth-order valence-electron chi connectivity index (χ4n) is 2.63. The second-order valence-corrected chi connectivity index (χ2v) is 6.24. The number of rotatable bonds is 6. The number of nitrogens with one attached hydrogen (secondary N) is 1. The third-order valence-electron chi connectivity index (χ3n) is 3.78. The Balaban J connectivity index is 1.97. The van der Waals surface area contributed by atoms with E-state index in [1.54, 1.807) is 23.1 Å². The standard InChI is InChI=1S/C17H22N2O4S/c1-3-7-23-17(21)19-11-15(24)9-14(19)10-18-13-6-4-5-12(8-13)16(20)22-2/h3-6,8,14-15,18,24H,1,7,9-11H2,2H3. The minimum atomic E-state index is -0.385. The highest BCUT2D eigenvalue weighted by Gasteiger charge is 2.34. The monoisotopic (exact) mass is 350 g/mol. The number of likely N-dealkylation sites (tertiary alicyclic amines) is 1.